The van der Waals surface area contributed by atoms with E-state index >= 15 is 0 Å². The topological polar surface area (TPSA) is 41.6 Å². The standard InChI is InChI=1S/C20H23FN2O2/c21-18-8-4-7-17(14-18)20(24)22-19(13-16-5-2-1-3-6-16)15-23-9-11-25-12-10-23/h1-8,14,19H,9-13,15H2,(H,22,24). The summed E-state index contributed by atoms with van der Waals surface area (Å²) in [7, 11) is 0. The first kappa shape index (κ1) is 17.6. The number of hydrogen-bond acceptors (Lipinski definition) is 3. The SMILES string of the molecule is O=C(NC(Cc1ccccc1)CN1CCOCC1)c1cccc(F)c1. The minimum atomic E-state index is -0.402. The summed E-state index contributed by atoms with van der Waals surface area (Å²) in [5.74, 6) is -0.644. The van der Waals surface area contributed by atoms with Crippen molar-refractivity contribution >= 4 is 5.91 Å². The lowest BCUT2D eigenvalue weighted by atomic mass is 10.0. The molecule has 1 N–H and O–H groups in total. The van der Waals surface area contributed by atoms with Gasteiger partial charge in [0, 0.05) is 31.2 Å². The monoisotopic (exact) mass is 342 g/mol. The van der Waals surface area contributed by atoms with E-state index in [1.807, 2.05) is 18.2 Å². The molecular weight excluding hydrogens is 319 g/mol. The third-order valence-corrected chi connectivity index (χ3v) is 4.33. The summed E-state index contributed by atoms with van der Waals surface area (Å²) in [6.45, 7) is 3.91. The highest BCUT2D eigenvalue weighted by atomic mass is 19.1. The van der Waals surface area contributed by atoms with Crippen LogP contribution in [0, 0.1) is 5.82 Å². The van der Waals surface area contributed by atoms with Gasteiger partial charge in [0.25, 0.3) is 5.91 Å². The number of hydrogen-bond donors (Lipinski definition) is 1. The first-order valence-corrected chi connectivity index (χ1v) is 8.61. The van der Waals surface area contributed by atoms with Gasteiger partial charge in [0.2, 0.25) is 0 Å². The maximum Gasteiger partial charge on any atom is 0.251 e. The van der Waals surface area contributed by atoms with Gasteiger partial charge >= 0.3 is 0 Å². The number of amides is 1. The Hall–Kier alpha value is -2.24. The molecule has 1 unspecified atom stereocenters. The molecule has 2 aromatic rings. The Morgan fingerprint density at radius 3 is 2.60 bits per heavy atom. The van der Waals surface area contributed by atoms with E-state index in [-0.39, 0.29) is 11.9 Å². The molecule has 3 rings (SSSR count). The number of halogens is 1. The molecule has 1 aliphatic rings. The van der Waals surface area contributed by atoms with Crippen molar-refractivity contribution in [2.24, 2.45) is 0 Å². The minimum Gasteiger partial charge on any atom is -0.379 e. The van der Waals surface area contributed by atoms with Crippen LogP contribution in [0.1, 0.15) is 15.9 Å². The van der Waals surface area contributed by atoms with Crippen LogP contribution in [0.25, 0.3) is 0 Å². The summed E-state index contributed by atoms with van der Waals surface area (Å²) in [6.07, 6.45) is 0.735. The van der Waals surface area contributed by atoms with Crippen LogP contribution in [0.3, 0.4) is 0 Å². The van der Waals surface area contributed by atoms with Crippen molar-refractivity contribution < 1.29 is 13.9 Å². The van der Waals surface area contributed by atoms with Crippen molar-refractivity contribution in [3.05, 3.63) is 71.5 Å². The number of morpholine rings is 1. The lowest BCUT2D eigenvalue weighted by molar-refractivity contribution is 0.0333. The van der Waals surface area contributed by atoms with Gasteiger partial charge in [-0.25, -0.2) is 4.39 Å². The van der Waals surface area contributed by atoms with Gasteiger partial charge in [0.1, 0.15) is 5.82 Å². The second-order valence-electron chi connectivity index (χ2n) is 6.28. The predicted octanol–water partition coefficient (Wildman–Crippen LogP) is 2.50. The number of rotatable bonds is 6. The molecule has 4 nitrogen and oxygen atoms in total. The Morgan fingerprint density at radius 1 is 1.12 bits per heavy atom. The maximum absolute atomic E-state index is 13.4. The molecule has 0 aliphatic carbocycles. The highest BCUT2D eigenvalue weighted by molar-refractivity contribution is 5.94. The third-order valence-electron chi connectivity index (χ3n) is 4.33. The van der Waals surface area contributed by atoms with Crippen LogP contribution in [0.5, 0.6) is 0 Å². The second kappa shape index (κ2) is 8.74. The molecule has 0 bridgehead atoms. The largest absolute Gasteiger partial charge is 0.379 e. The maximum atomic E-state index is 13.4. The van der Waals surface area contributed by atoms with E-state index in [1.165, 1.54) is 17.7 Å². The number of nitrogens with one attached hydrogen (secondary N) is 1. The van der Waals surface area contributed by atoms with Crippen LogP contribution in [0.4, 0.5) is 4.39 Å². The number of nitrogens with zero attached hydrogens (tertiary/aromatic N) is 1. The van der Waals surface area contributed by atoms with Crippen molar-refractivity contribution in [2.45, 2.75) is 12.5 Å². The van der Waals surface area contributed by atoms with Gasteiger partial charge in [-0.15, -0.1) is 0 Å². The van der Waals surface area contributed by atoms with Crippen molar-refractivity contribution in [1.82, 2.24) is 10.2 Å². The minimum absolute atomic E-state index is 0.0451. The fraction of sp³-hybridized carbons (Fsp3) is 0.350. The molecule has 25 heavy (non-hydrogen) atoms. The van der Waals surface area contributed by atoms with Crippen LogP contribution in [-0.4, -0.2) is 49.7 Å². The number of ether oxygens (including phenoxy) is 1. The van der Waals surface area contributed by atoms with Gasteiger partial charge in [-0.1, -0.05) is 36.4 Å². The third kappa shape index (κ3) is 5.37. The Balaban J connectivity index is 1.69. The molecule has 132 valence electrons. The molecule has 5 heteroatoms. The van der Waals surface area contributed by atoms with E-state index in [2.05, 4.69) is 22.3 Å². The Morgan fingerprint density at radius 2 is 1.88 bits per heavy atom. The number of benzene rings is 2. The molecule has 1 aliphatic heterocycles. The molecule has 0 spiro atoms. The first-order chi connectivity index (χ1) is 12.2. The van der Waals surface area contributed by atoms with Crippen LogP contribution < -0.4 is 5.32 Å². The lowest BCUT2D eigenvalue weighted by Gasteiger charge is -2.31. The van der Waals surface area contributed by atoms with E-state index in [0.29, 0.717) is 5.56 Å². The molecule has 1 fully saturated rings. The molecule has 1 amide bonds. The normalized spacial score (nSPS) is 16.4. The average Bonchev–Trinajstić information content (AvgIpc) is 2.63. The average molecular weight is 342 g/mol. The summed E-state index contributed by atoms with van der Waals surface area (Å²) in [5.41, 5.74) is 1.51. The summed E-state index contributed by atoms with van der Waals surface area (Å²) in [4.78, 5) is 14.8. The van der Waals surface area contributed by atoms with Crippen LogP contribution >= 0.6 is 0 Å². The molecule has 0 saturated carbocycles. The zero-order valence-corrected chi connectivity index (χ0v) is 14.2. The van der Waals surface area contributed by atoms with E-state index in [1.54, 1.807) is 12.1 Å². The van der Waals surface area contributed by atoms with Gasteiger partial charge in [0.05, 0.1) is 13.2 Å². The van der Waals surface area contributed by atoms with E-state index in [9.17, 15) is 9.18 Å². The fourth-order valence-electron chi connectivity index (χ4n) is 3.05. The zero-order chi connectivity index (χ0) is 17.5. The van der Waals surface area contributed by atoms with Gasteiger partial charge < -0.3 is 10.1 Å². The Kier molecular flexibility index (Phi) is 6.14. The quantitative estimate of drug-likeness (QED) is 0.877. The van der Waals surface area contributed by atoms with Crippen LogP contribution in [0.2, 0.25) is 0 Å². The predicted molar refractivity (Wildman–Crippen MR) is 95.1 cm³/mol. The van der Waals surface area contributed by atoms with Crippen molar-refractivity contribution in [2.75, 3.05) is 32.8 Å². The van der Waals surface area contributed by atoms with E-state index < -0.39 is 5.82 Å². The Bertz CT molecular complexity index is 687. The number of carbonyl (C=O) groups is 1. The summed E-state index contributed by atoms with van der Waals surface area (Å²) >= 11 is 0. The highest BCUT2D eigenvalue weighted by Crippen LogP contribution is 2.09. The second-order valence-corrected chi connectivity index (χ2v) is 6.28. The summed E-state index contributed by atoms with van der Waals surface area (Å²) < 4.78 is 18.8. The van der Waals surface area contributed by atoms with Crippen LogP contribution in [-0.2, 0) is 11.2 Å². The molecule has 1 atom stereocenters. The first-order valence-electron chi connectivity index (χ1n) is 8.61. The molecule has 2 aromatic carbocycles. The van der Waals surface area contributed by atoms with Crippen molar-refractivity contribution in [1.29, 1.82) is 0 Å². The Labute approximate surface area is 147 Å². The smallest absolute Gasteiger partial charge is 0.251 e. The molecule has 0 radical (unpaired) electrons. The molecule has 1 saturated heterocycles. The van der Waals surface area contributed by atoms with E-state index in [0.717, 1.165) is 39.3 Å². The van der Waals surface area contributed by atoms with Gasteiger partial charge in [-0.2, -0.15) is 0 Å². The molecular formula is C20H23FN2O2. The highest BCUT2D eigenvalue weighted by Gasteiger charge is 2.20. The summed E-state index contributed by atoms with van der Waals surface area (Å²) in [6, 6.07) is 15.8. The lowest BCUT2D eigenvalue weighted by Crippen LogP contribution is -2.48. The molecule has 0 aromatic heterocycles. The fourth-order valence-corrected chi connectivity index (χ4v) is 3.05. The summed E-state index contributed by atoms with van der Waals surface area (Å²) in [5, 5.41) is 3.07. The van der Waals surface area contributed by atoms with Gasteiger partial charge in [0.15, 0.2) is 0 Å². The van der Waals surface area contributed by atoms with Gasteiger partial charge in [-0.3, -0.25) is 9.69 Å². The van der Waals surface area contributed by atoms with Crippen molar-refractivity contribution in [3.63, 3.8) is 0 Å². The van der Waals surface area contributed by atoms with Crippen LogP contribution in [0.15, 0.2) is 54.6 Å². The van der Waals surface area contributed by atoms with E-state index in [4.69, 9.17) is 4.74 Å². The number of carbonyl (C=O) groups excluding carboxylic acids is 1. The van der Waals surface area contributed by atoms with Crippen molar-refractivity contribution in [3.8, 4) is 0 Å². The molecule has 1 heterocycles. The van der Waals surface area contributed by atoms with Gasteiger partial charge in [-0.05, 0) is 30.2 Å². The zero-order valence-electron chi connectivity index (χ0n) is 14.2.